The monoisotopic (exact) mass is 292 g/mol. The van der Waals surface area contributed by atoms with Crippen molar-refractivity contribution in [2.45, 2.75) is 25.0 Å². The van der Waals surface area contributed by atoms with E-state index in [-0.39, 0.29) is 0 Å². The Morgan fingerprint density at radius 2 is 1.87 bits per heavy atom. The lowest BCUT2D eigenvalue weighted by Gasteiger charge is -2.13. The van der Waals surface area contributed by atoms with E-state index in [1.165, 1.54) is 0 Å². The number of halogens is 1. The molecule has 0 aliphatic heterocycles. The van der Waals surface area contributed by atoms with Crippen LogP contribution in [0.4, 0.5) is 0 Å². The summed E-state index contributed by atoms with van der Waals surface area (Å²) in [7, 11) is -4.01. The van der Waals surface area contributed by atoms with Crippen LogP contribution in [-0.4, -0.2) is 13.0 Å². The summed E-state index contributed by atoms with van der Waals surface area (Å²) >= 11 is 3.27. The van der Waals surface area contributed by atoms with Crippen molar-refractivity contribution in [2.75, 3.05) is 0 Å². The smallest absolute Gasteiger partial charge is 0.271 e. The number of rotatable bonds is 4. The lowest BCUT2D eigenvalue weighted by Crippen LogP contribution is -2.11. The molecule has 1 rings (SSSR count). The van der Waals surface area contributed by atoms with E-state index in [0.29, 0.717) is 18.4 Å². The lowest BCUT2D eigenvalue weighted by molar-refractivity contribution is 0.463. The van der Waals surface area contributed by atoms with Crippen LogP contribution in [0.5, 0.6) is 0 Å². The van der Waals surface area contributed by atoms with Crippen LogP contribution in [0, 0.1) is 0 Å². The minimum Gasteiger partial charge on any atom is -0.285 e. The summed E-state index contributed by atoms with van der Waals surface area (Å²) in [6.07, 6.45) is 1.14. The molecule has 0 fully saturated rings. The lowest BCUT2D eigenvalue weighted by atomic mass is 10.1. The molecule has 0 bridgehead atoms. The van der Waals surface area contributed by atoms with Gasteiger partial charge in [-0.1, -0.05) is 41.4 Å². The molecule has 0 spiro atoms. The van der Waals surface area contributed by atoms with Gasteiger partial charge in [-0.15, -0.1) is 0 Å². The quantitative estimate of drug-likeness (QED) is 0.867. The Kier molecular flexibility index (Phi) is 4.31. The van der Waals surface area contributed by atoms with Crippen LogP contribution < -0.4 is 0 Å². The van der Waals surface area contributed by atoms with Crippen molar-refractivity contribution in [2.24, 2.45) is 0 Å². The fourth-order valence-corrected chi connectivity index (χ4v) is 2.73. The molecule has 0 radical (unpaired) electrons. The van der Waals surface area contributed by atoms with Crippen LogP contribution in [0.3, 0.4) is 0 Å². The van der Waals surface area contributed by atoms with E-state index >= 15 is 0 Å². The maximum absolute atomic E-state index is 11.2. The molecule has 1 N–H and O–H groups in total. The van der Waals surface area contributed by atoms with Crippen LogP contribution in [0.2, 0.25) is 0 Å². The largest absolute Gasteiger partial charge is 0.285 e. The Balaban J connectivity index is 3.05. The first kappa shape index (κ1) is 12.7. The average molecular weight is 293 g/mol. The Morgan fingerprint density at radius 3 is 2.27 bits per heavy atom. The number of hydrogen-bond acceptors (Lipinski definition) is 2. The van der Waals surface area contributed by atoms with E-state index in [9.17, 15) is 8.42 Å². The van der Waals surface area contributed by atoms with Gasteiger partial charge < -0.3 is 0 Å². The fraction of sp³-hybridized carbons (Fsp3) is 0.400. The van der Waals surface area contributed by atoms with Gasteiger partial charge in [0.2, 0.25) is 0 Å². The topological polar surface area (TPSA) is 54.4 Å². The summed E-state index contributed by atoms with van der Waals surface area (Å²) < 4.78 is 32.3. The zero-order valence-corrected chi connectivity index (χ0v) is 10.8. The molecule has 84 valence electrons. The van der Waals surface area contributed by atoms with Crippen molar-refractivity contribution in [1.82, 2.24) is 0 Å². The normalized spacial score (nSPS) is 13.8. The summed E-state index contributed by atoms with van der Waals surface area (Å²) in [6, 6.07) is 6.95. The minimum absolute atomic E-state index is 0.431. The first-order valence-electron chi connectivity index (χ1n) is 4.67. The van der Waals surface area contributed by atoms with Crippen LogP contribution in [0.1, 0.15) is 30.6 Å². The highest BCUT2D eigenvalue weighted by molar-refractivity contribution is 9.10. The highest BCUT2D eigenvalue weighted by atomic mass is 79.9. The predicted molar refractivity (Wildman–Crippen MR) is 63.3 cm³/mol. The molecular formula is C10H13BrO3S. The molecule has 1 aromatic carbocycles. The van der Waals surface area contributed by atoms with Crippen molar-refractivity contribution < 1.29 is 13.0 Å². The zero-order valence-electron chi connectivity index (χ0n) is 8.35. The summed E-state index contributed by atoms with van der Waals surface area (Å²) in [5.41, 5.74) is 0.627. The van der Waals surface area contributed by atoms with Gasteiger partial charge in [0.1, 0.15) is 5.25 Å². The minimum atomic E-state index is -4.01. The molecule has 0 saturated carbocycles. The van der Waals surface area contributed by atoms with E-state index in [4.69, 9.17) is 4.55 Å². The van der Waals surface area contributed by atoms with Crippen LogP contribution >= 0.6 is 15.9 Å². The van der Waals surface area contributed by atoms with Gasteiger partial charge in [0, 0.05) is 4.47 Å². The Labute approximate surface area is 98.4 Å². The van der Waals surface area contributed by atoms with Crippen LogP contribution in [-0.2, 0) is 10.1 Å². The molecule has 3 nitrogen and oxygen atoms in total. The molecule has 1 aromatic rings. The molecule has 1 atom stereocenters. The molecule has 0 aromatic heterocycles. The van der Waals surface area contributed by atoms with E-state index in [0.717, 1.165) is 4.47 Å². The van der Waals surface area contributed by atoms with Crippen molar-refractivity contribution in [3.8, 4) is 0 Å². The second-order valence-corrected chi connectivity index (χ2v) is 5.86. The highest BCUT2D eigenvalue weighted by Crippen LogP contribution is 2.27. The highest BCUT2D eigenvalue weighted by Gasteiger charge is 2.23. The Bertz CT molecular complexity index is 411. The third-order valence-corrected chi connectivity index (χ3v) is 3.91. The van der Waals surface area contributed by atoms with Crippen molar-refractivity contribution in [3.05, 3.63) is 34.3 Å². The van der Waals surface area contributed by atoms with Gasteiger partial charge >= 0.3 is 0 Å². The van der Waals surface area contributed by atoms with Gasteiger partial charge in [-0.2, -0.15) is 8.42 Å². The van der Waals surface area contributed by atoms with Crippen LogP contribution in [0.15, 0.2) is 28.7 Å². The summed E-state index contributed by atoms with van der Waals surface area (Å²) in [4.78, 5) is 0. The van der Waals surface area contributed by atoms with E-state index in [2.05, 4.69) is 15.9 Å². The number of benzene rings is 1. The second-order valence-electron chi connectivity index (χ2n) is 3.34. The van der Waals surface area contributed by atoms with Crippen molar-refractivity contribution in [3.63, 3.8) is 0 Å². The van der Waals surface area contributed by atoms with Gasteiger partial charge in [-0.3, -0.25) is 4.55 Å². The summed E-state index contributed by atoms with van der Waals surface area (Å²) in [5, 5.41) is -0.810. The fourth-order valence-electron chi connectivity index (χ4n) is 1.43. The van der Waals surface area contributed by atoms with Crippen molar-refractivity contribution in [1.29, 1.82) is 0 Å². The van der Waals surface area contributed by atoms with Gasteiger partial charge in [-0.25, -0.2) is 0 Å². The molecule has 5 heteroatoms. The standard InChI is InChI=1S/C10H13BrO3S/c1-2-3-10(15(12,13)14)8-4-6-9(11)7-5-8/h4-7,10H,2-3H2,1H3,(H,12,13,14). The molecule has 0 heterocycles. The first-order chi connectivity index (χ1) is 6.95. The van der Waals surface area contributed by atoms with Crippen molar-refractivity contribution >= 4 is 26.0 Å². The molecular weight excluding hydrogens is 280 g/mol. The van der Waals surface area contributed by atoms with E-state index < -0.39 is 15.4 Å². The van der Waals surface area contributed by atoms with Crippen LogP contribution in [0.25, 0.3) is 0 Å². The predicted octanol–water partition coefficient (Wildman–Crippen LogP) is 3.18. The first-order valence-corrected chi connectivity index (χ1v) is 6.96. The third kappa shape index (κ3) is 3.59. The molecule has 0 aliphatic carbocycles. The second kappa shape index (κ2) is 5.09. The molecule has 15 heavy (non-hydrogen) atoms. The zero-order chi connectivity index (χ0) is 11.5. The molecule has 0 aliphatic rings. The Morgan fingerprint density at radius 1 is 1.33 bits per heavy atom. The van der Waals surface area contributed by atoms with Gasteiger partial charge in [0.05, 0.1) is 0 Å². The Hall–Kier alpha value is -0.390. The summed E-state index contributed by atoms with van der Waals surface area (Å²) in [6.45, 7) is 1.89. The van der Waals surface area contributed by atoms with Gasteiger partial charge in [0.25, 0.3) is 10.1 Å². The van der Waals surface area contributed by atoms with E-state index in [1.54, 1.807) is 24.3 Å². The maximum atomic E-state index is 11.2. The average Bonchev–Trinajstić information content (AvgIpc) is 2.14. The van der Waals surface area contributed by atoms with Gasteiger partial charge in [-0.05, 0) is 24.1 Å². The molecule has 0 amide bonds. The van der Waals surface area contributed by atoms with E-state index in [1.807, 2.05) is 6.92 Å². The maximum Gasteiger partial charge on any atom is 0.271 e. The summed E-state index contributed by atoms with van der Waals surface area (Å²) in [5.74, 6) is 0. The third-order valence-electron chi connectivity index (χ3n) is 2.15. The molecule has 1 unspecified atom stereocenters. The number of hydrogen-bond donors (Lipinski definition) is 1. The van der Waals surface area contributed by atoms with Gasteiger partial charge in [0.15, 0.2) is 0 Å². The molecule has 0 saturated heterocycles. The SMILES string of the molecule is CCCC(c1ccc(Br)cc1)S(=O)(=O)O.